The van der Waals surface area contributed by atoms with Crippen LogP contribution in [0.2, 0.25) is 0 Å². The van der Waals surface area contributed by atoms with Gasteiger partial charge in [0.15, 0.2) is 0 Å². The van der Waals surface area contributed by atoms with Crippen LogP contribution in [0.3, 0.4) is 0 Å². The Labute approximate surface area is 130 Å². The summed E-state index contributed by atoms with van der Waals surface area (Å²) in [6.45, 7) is 1.11. The second kappa shape index (κ2) is 6.81. The van der Waals surface area contributed by atoms with Crippen LogP contribution < -0.4 is 15.2 Å². The van der Waals surface area contributed by atoms with Gasteiger partial charge in [-0.15, -0.1) is 0 Å². The van der Waals surface area contributed by atoms with E-state index in [0.29, 0.717) is 13.2 Å². The van der Waals surface area contributed by atoms with Gasteiger partial charge in [-0.2, -0.15) is 0 Å². The topological polar surface area (TPSA) is 53.7 Å². The van der Waals surface area contributed by atoms with Crippen molar-refractivity contribution in [1.29, 1.82) is 0 Å². The van der Waals surface area contributed by atoms with Gasteiger partial charge in [-0.1, -0.05) is 36.4 Å². The molecular formula is C18H21NO3. The predicted octanol–water partition coefficient (Wildman–Crippen LogP) is 3.06. The molecule has 4 heteroatoms. The lowest BCUT2D eigenvalue weighted by Gasteiger charge is -2.30. The van der Waals surface area contributed by atoms with Crippen molar-refractivity contribution in [2.24, 2.45) is 5.73 Å². The van der Waals surface area contributed by atoms with E-state index in [1.807, 2.05) is 48.5 Å². The Morgan fingerprint density at radius 1 is 1.18 bits per heavy atom. The molecule has 0 saturated heterocycles. The third kappa shape index (κ3) is 3.40. The zero-order chi connectivity index (χ0) is 15.4. The second-order valence-electron chi connectivity index (χ2n) is 5.49. The summed E-state index contributed by atoms with van der Waals surface area (Å²) >= 11 is 0. The van der Waals surface area contributed by atoms with E-state index in [-0.39, 0.29) is 12.1 Å². The summed E-state index contributed by atoms with van der Waals surface area (Å²) in [5.74, 6) is 1.57. The lowest BCUT2D eigenvalue weighted by atomic mass is 9.97. The number of rotatable bonds is 5. The molecule has 1 aliphatic rings. The van der Waals surface area contributed by atoms with Crippen LogP contribution in [-0.4, -0.2) is 19.8 Å². The van der Waals surface area contributed by atoms with Crippen LogP contribution >= 0.6 is 0 Å². The monoisotopic (exact) mass is 299 g/mol. The number of fused-ring (bicyclic) bond motifs is 1. The molecular weight excluding hydrogens is 278 g/mol. The van der Waals surface area contributed by atoms with Gasteiger partial charge in [-0.25, -0.2) is 0 Å². The van der Waals surface area contributed by atoms with E-state index in [2.05, 4.69) is 0 Å². The highest BCUT2D eigenvalue weighted by molar-refractivity contribution is 5.43. The molecule has 2 N–H and O–H groups in total. The van der Waals surface area contributed by atoms with E-state index in [1.165, 1.54) is 0 Å². The van der Waals surface area contributed by atoms with E-state index in [1.54, 1.807) is 7.11 Å². The van der Waals surface area contributed by atoms with Crippen LogP contribution in [-0.2, 0) is 11.3 Å². The SMILES string of the molecule is COc1ccc2c(c1)O[C@@H](COCc1ccccc1)C[C@H]2N. The molecule has 0 spiro atoms. The Kier molecular flexibility index (Phi) is 4.61. The Balaban J connectivity index is 1.59. The molecule has 0 aromatic heterocycles. The Morgan fingerprint density at radius 2 is 2.00 bits per heavy atom. The summed E-state index contributed by atoms with van der Waals surface area (Å²) in [6, 6.07) is 15.9. The summed E-state index contributed by atoms with van der Waals surface area (Å²) in [6.07, 6.45) is 0.729. The molecule has 0 unspecified atom stereocenters. The molecule has 116 valence electrons. The van der Waals surface area contributed by atoms with Crippen LogP contribution in [0.4, 0.5) is 0 Å². The van der Waals surface area contributed by atoms with Crippen LogP contribution in [0.15, 0.2) is 48.5 Å². The fourth-order valence-corrected chi connectivity index (χ4v) is 2.67. The smallest absolute Gasteiger partial charge is 0.128 e. The number of nitrogens with two attached hydrogens (primary N) is 1. The van der Waals surface area contributed by atoms with Gasteiger partial charge in [0.25, 0.3) is 0 Å². The summed E-state index contributed by atoms with van der Waals surface area (Å²) in [5.41, 5.74) is 8.42. The lowest BCUT2D eigenvalue weighted by Crippen LogP contribution is -2.33. The average Bonchev–Trinajstić information content (AvgIpc) is 2.55. The van der Waals surface area contributed by atoms with Gasteiger partial charge in [-0.3, -0.25) is 0 Å². The second-order valence-corrected chi connectivity index (χ2v) is 5.49. The van der Waals surface area contributed by atoms with Crippen molar-refractivity contribution in [1.82, 2.24) is 0 Å². The van der Waals surface area contributed by atoms with E-state index in [9.17, 15) is 0 Å². The summed E-state index contributed by atoms with van der Waals surface area (Å²) in [7, 11) is 1.64. The molecule has 0 saturated carbocycles. The molecule has 2 aromatic carbocycles. The van der Waals surface area contributed by atoms with Gasteiger partial charge in [0.2, 0.25) is 0 Å². The van der Waals surface area contributed by atoms with Gasteiger partial charge >= 0.3 is 0 Å². The third-order valence-corrected chi connectivity index (χ3v) is 3.85. The van der Waals surface area contributed by atoms with Gasteiger partial charge in [0.1, 0.15) is 17.6 Å². The molecule has 0 fully saturated rings. The lowest BCUT2D eigenvalue weighted by molar-refractivity contribution is 0.0267. The van der Waals surface area contributed by atoms with Crippen molar-refractivity contribution in [2.75, 3.05) is 13.7 Å². The molecule has 2 aromatic rings. The number of methoxy groups -OCH3 is 1. The average molecular weight is 299 g/mol. The van der Waals surface area contributed by atoms with E-state index in [4.69, 9.17) is 19.9 Å². The molecule has 0 radical (unpaired) electrons. The maximum Gasteiger partial charge on any atom is 0.128 e. The van der Waals surface area contributed by atoms with E-state index in [0.717, 1.165) is 29.0 Å². The molecule has 0 amide bonds. The van der Waals surface area contributed by atoms with Gasteiger partial charge in [0.05, 0.1) is 20.3 Å². The molecule has 0 bridgehead atoms. The van der Waals surface area contributed by atoms with Crippen LogP contribution in [0.1, 0.15) is 23.6 Å². The Morgan fingerprint density at radius 3 is 2.77 bits per heavy atom. The third-order valence-electron chi connectivity index (χ3n) is 3.85. The summed E-state index contributed by atoms with van der Waals surface area (Å²) in [4.78, 5) is 0. The van der Waals surface area contributed by atoms with Crippen molar-refractivity contribution in [3.8, 4) is 11.5 Å². The maximum atomic E-state index is 6.23. The minimum atomic E-state index is -0.0293. The normalized spacial score (nSPS) is 20.1. The Hall–Kier alpha value is -2.04. The minimum Gasteiger partial charge on any atom is -0.497 e. The van der Waals surface area contributed by atoms with Gasteiger partial charge in [0, 0.05) is 24.1 Å². The highest BCUT2D eigenvalue weighted by Gasteiger charge is 2.26. The van der Waals surface area contributed by atoms with Crippen molar-refractivity contribution < 1.29 is 14.2 Å². The first kappa shape index (κ1) is 14.9. The summed E-state index contributed by atoms with van der Waals surface area (Å²) in [5, 5.41) is 0. The standard InChI is InChI=1S/C18H21NO3/c1-20-14-7-8-16-17(19)9-15(22-18(16)10-14)12-21-11-13-5-3-2-4-6-13/h2-8,10,15,17H,9,11-12,19H2,1H3/t15-,17-/m1/s1. The minimum absolute atomic E-state index is 0.0278. The van der Waals surface area contributed by atoms with Crippen molar-refractivity contribution in [3.05, 3.63) is 59.7 Å². The van der Waals surface area contributed by atoms with Crippen molar-refractivity contribution in [3.63, 3.8) is 0 Å². The van der Waals surface area contributed by atoms with E-state index >= 15 is 0 Å². The summed E-state index contributed by atoms with van der Waals surface area (Å²) < 4.78 is 17.0. The number of benzene rings is 2. The molecule has 0 aliphatic carbocycles. The van der Waals surface area contributed by atoms with Crippen LogP contribution in [0.25, 0.3) is 0 Å². The van der Waals surface area contributed by atoms with Crippen molar-refractivity contribution in [2.45, 2.75) is 25.2 Å². The fraction of sp³-hybridized carbons (Fsp3) is 0.333. The largest absolute Gasteiger partial charge is 0.497 e. The highest BCUT2D eigenvalue weighted by atomic mass is 16.5. The van der Waals surface area contributed by atoms with E-state index < -0.39 is 0 Å². The first-order valence-electron chi connectivity index (χ1n) is 7.48. The molecule has 1 heterocycles. The zero-order valence-electron chi connectivity index (χ0n) is 12.7. The Bertz CT molecular complexity index is 615. The number of hydrogen-bond acceptors (Lipinski definition) is 4. The quantitative estimate of drug-likeness (QED) is 0.922. The van der Waals surface area contributed by atoms with Gasteiger partial charge < -0.3 is 19.9 Å². The van der Waals surface area contributed by atoms with Crippen LogP contribution in [0.5, 0.6) is 11.5 Å². The predicted molar refractivity (Wildman–Crippen MR) is 85.1 cm³/mol. The highest BCUT2D eigenvalue weighted by Crippen LogP contribution is 2.36. The maximum absolute atomic E-state index is 6.23. The number of hydrogen-bond donors (Lipinski definition) is 1. The van der Waals surface area contributed by atoms with Crippen molar-refractivity contribution >= 4 is 0 Å². The molecule has 2 atom stereocenters. The molecule has 3 rings (SSSR count). The van der Waals surface area contributed by atoms with Gasteiger partial charge in [-0.05, 0) is 11.6 Å². The molecule has 22 heavy (non-hydrogen) atoms. The first-order chi connectivity index (χ1) is 10.8. The first-order valence-corrected chi connectivity index (χ1v) is 7.48. The molecule has 4 nitrogen and oxygen atoms in total. The fourth-order valence-electron chi connectivity index (χ4n) is 2.67. The van der Waals surface area contributed by atoms with Crippen LogP contribution in [0, 0.1) is 0 Å². The molecule has 1 aliphatic heterocycles. The number of ether oxygens (including phenoxy) is 3. The zero-order valence-corrected chi connectivity index (χ0v) is 12.7.